The first-order valence-electron chi connectivity index (χ1n) is 6.21. The van der Waals surface area contributed by atoms with Gasteiger partial charge >= 0.3 is 0 Å². The molecule has 0 heterocycles. The van der Waals surface area contributed by atoms with Gasteiger partial charge in [-0.2, -0.15) is 0 Å². The zero-order valence-electron chi connectivity index (χ0n) is 12.6. The highest BCUT2D eigenvalue weighted by Gasteiger charge is 2.39. The topological polar surface area (TPSA) is 32.3 Å². The van der Waals surface area contributed by atoms with E-state index in [0.717, 1.165) is 0 Å². The standard InChI is InChI=1S/C14H31NO/c1-12(2,3)10(15-14(7,8)9)11(16)13(4,5)6/h10-11,15-16H,1-9H3. The van der Waals surface area contributed by atoms with E-state index < -0.39 is 0 Å². The minimum absolute atomic E-state index is 0.0180. The molecule has 0 aliphatic rings. The van der Waals surface area contributed by atoms with Crippen LogP contribution < -0.4 is 5.32 Å². The van der Waals surface area contributed by atoms with Crippen molar-refractivity contribution in [2.45, 2.75) is 80.0 Å². The lowest BCUT2D eigenvalue weighted by Crippen LogP contribution is -2.58. The minimum atomic E-state index is -0.355. The maximum atomic E-state index is 10.5. The van der Waals surface area contributed by atoms with Gasteiger partial charge in [-0.25, -0.2) is 0 Å². The fourth-order valence-corrected chi connectivity index (χ4v) is 1.74. The number of hydrogen-bond acceptors (Lipinski definition) is 2. The monoisotopic (exact) mass is 229 g/mol. The molecule has 0 fully saturated rings. The third-order valence-corrected chi connectivity index (χ3v) is 2.72. The molecule has 0 radical (unpaired) electrons. The summed E-state index contributed by atoms with van der Waals surface area (Å²) in [4.78, 5) is 0. The van der Waals surface area contributed by atoms with Crippen molar-refractivity contribution in [3.63, 3.8) is 0 Å². The first-order chi connectivity index (χ1) is 6.75. The number of rotatable bonds is 2. The van der Waals surface area contributed by atoms with E-state index in [2.05, 4.69) is 67.6 Å². The van der Waals surface area contributed by atoms with Gasteiger partial charge in [0.05, 0.1) is 6.10 Å². The lowest BCUT2D eigenvalue weighted by molar-refractivity contribution is -0.0159. The van der Waals surface area contributed by atoms with Crippen LogP contribution in [0.15, 0.2) is 0 Å². The molecule has 16 heavy (non-hydrogen) atoms. The van der Waals surface area contributed by atoms with E-state index in [4.69, 9.17) is 0 Å². The SMILES string of the molecule is CC(C)(C)NC(C(O)C(C)(C)C)C(C)(C)C. The van der Waals surface area contributed by atoms with Gasteiger partial charge in [0.2, 0.25) is 0 Å². The highest BCUT2D eigenvalue weighted by molar-refractivity contribution is 4.95. The number of aliphatic hydroxyl groups excluding tert-OH is 1. The highest BCUT2D eigenvalue weighted by Crippen LogP contribution is 2.32. The van der Waals surface area contributed by atoms with Crippen LogP contribution in [0.4, 0.5) is 0 Å². The molecule has 2 atom stereocenters. The number of aliphatic hydroxyl groups is 1. The van der Waals surface area contributed by atoms with E-state index in [9.17, 15) is 5.11 Å². The molecule has 0 saturated heterocycles. The van der Waals surface area contributed by atoms with Crippen molar-refractivity contribution in [2.75, 3.05) is 0 Å². The molecule has 0 aromatic rings. The summed E-state index contributed by atoms with van der Waals surface area (Å²) in [5, 5.41) is 14.0. The normalized spacial score (nSPS) is 18.4. The smallest absolute Gasteiger partial charge is 0.0746 e. The van der Waals surface area contributed by atoms with Gasteiger partial charge in [0.15, 0.2) is 0 Å². The predicted octanol–water partition coefficient (Wildman–Crippen LogP) is 3.20. The van der Waals surface area contributed by atoms with Crippen LogP contribution in [0.1, 0.15) is 62.3 Å². The van der Waals surface area contributed by atoms with Gasteiger partial charge < -0.3 is 10.4 Å². The van der Waals surface area contributed by atoms with Crippen molar-refractivity contribution in [3.05, 3.63) is 0 Å². The summed E-state index contributed by atoms with van der Waals surface area (Å²) in [6, 6.07) is 0.0903. The van der Waals surface area contributed by atoms with Crippen molar-refractivity contribution in [1.29, 1.82) is 0 Å². The molecule has 0 amide bonds. The molecule has 2 heteroatoms. The van der Waals surface area contributed by atoms with Gasteiger partial charge in [-0.15, -0.1) is 0 Å². The zero-order chi connectivity index (χ0) is 13.4. The van der Waals surface area contributed by atoms with Crippen LogP contribution in [0.2, 0.25) is 0 Å². The maximum absolute atomic E-state index is 10.5. The Hall–Kier alpha value is -0.0800. The van der Waals surface area contributed by atoms with E-state index in [-0.39, 0.29) is 28.5 Å². The van der Waals surface area contributed by atoms with E-state index in [0.29, 0.717) is 0 Å². The van der Waals surface area contributed by atoms with Crippen molar-refractivity contribution < 1.29 is 5.11 Å². The van der Waals surface area contributed by atoms with E-state index in [1.807, 2.05) is 0 Å². The molecule has 0 aliphatic heterocycles. The Morgan fingerprint density at radius 2 is 1.12 bits per heavy atom. The molecular weight excluding hydrogens is 198 g/mol. The molecule has 98 valence electrons. The Bertz CT molecular complexity index is 214. The maximum Gasteiger partial charge on any atom is 0.0746 e. The summed E-state index contributed by atoms with van der Waals surface area (Å²) < 4.78 is 0. The van der Waals surface area contributed by atoms with Crippen LogP contribution in [0.25, 0.3) is 0 Å². The van der Waals surface area contributed by atoms with Gasteiger partial charge in [0, 0.05) is 11.6 Å². The Kier molecular flexibility index (Phi) is 4.63. The number of nitrogens with one attached hydrogen (secondary N) is 1. The Morgan fingerprint density at radius 3 is 1.31 bits per heavy atom. The molecule has 0 aromatic heterocycles. The molecule has 0 aromatic carbocycles. The van der Waals surface area contributed by atoms with Crippen molar-refractivity contribution in [3.8, 4) is 0 Å². The van der Waals surface area contributed by atoms with Crippen molar-refractivity contribution >= 4 is 0 Å². The largest absolute Gasteiger partial charge is 0.391 e. The predicted molar refractivity (Wildman–Crippen MR) is 71.6 cm³/mol. The van der Waals surface area contributed by atoms with Gasteiger partial charge in [-0.05, 0) is 31.6 Å². The van der Waals surface area contributed by atoms with Crippen molar-refractivity contribution in [1.82, 2.24) is 5.32 Å². The van der Waals surface area contributed by atoms with E-state index in [1.165, 1.54) is 0 Å². The molecule has 2 nitrogen and oxygen atoms in total. The second-order valence-corrected chi connectivity index (χ2v) is 8.05. The quantitative estimate of drug-likeness (QED) is 0.762. The van der Waals surface area contributed by atoms with Gasteiger partial charge in [0.25, 0.3) is 0 Å². The van der Waals surface area contributed by atoms with Crippen LogP contribution in [0.3, 0.4) is 0 Å². The lowest BCUT2D eigenvalue weighted by Gasteiger charge is -2.44. The Morgan fingerprint density at radius 1 is 0.750 bits per heavy atom. The second kappa shape index (κ2) is 4.66. The van der Waals surface area contributed by atoms with E-state index in [1.54, 1.807) is 0 Å². The summed E-state index contributed by atoms with van der Waals surface area (Å²) in [6.45, 7) is 19.2. The lowest BCUT2D eigenvalue weighted by atomic mass is 9.73. The van der Waals surface area contributed by atoms with Gasteiger partial charge in [-0.3, -0.25) is 0 Å². The highest BCUT2D eigenvalue weighted by atomic mass is 16.3. The molecular formula is C14H31NO. The second-order valence-electron chi connectivity index (χ2n) is 8.05. The molecule has 0 bridgehead atoms. The first-order valence-corrected chi connectivity index (χ1v) is 6.21. The summed E-state index contributed by atoms with van der Waals surface area (Å²) in [6.07, 6.45) is -0.355. The molecule has 0 spiro atoms. The van der Waals surface area contributed by atoms with Gasteiger partial charge in [-0.1, -0.05) is 41.5 Å². The van der Waals surface area contributed by atoms with E-state index >= 15 is 0 Å². The molecule has 2 unspecified atom stereocenters. The summed E-state index contributed by atoms with van der Waals surface area (Å²) in [7, 11) is 0. The Balaban J connectivity index is 4.98. The van der Waals surface area contributed by atoms with Crippen LogP contribution in [0, 0.1) is 10.8 Å². The van der Waals surface area contributed by atoms with Crippen molar-refractivity contribution in [2.24, 2.45) is 10.8 Å². The first kappa shape index (κ1) is 15.9. The zero-order valence-corrected chi connectivity index (χ0v) is 12.6. The van der Waals surface area contributed by atoms with Gasteiger partial charge in [0.1, 0.15) is 0 Å². The van der Waals surface area contributed by atoms with Crippen LogP contribution >= 0.6 is 0 Å². The molecule has 0 saturated carbocycles. The summed E-state index contributed by atoms with van der Waals surface area (Å²) in [5.41, 5.74) is -0.0413. The van der Waals surface area contributed by atoms with Crippen LogP contribution in [0.5, 0.6) is 0 Å². The average molecular weight is 229 g/mol. The number of hydrogen-bond donors (Lipinski definition) is 2. The summed E-state index contributed by atoms with van der Waals surface area (Å²) >= 11 is 0. The van der Waals surface area contributed by atoms with Crippen LogP contribution in [-0.2, 0) is 0 Å². The molecule has 0 rings (SSSR count). The third kappa shape index (κ3) is 5.31. The molecule has 2 N–H and O–H groups in total. The minimum Gasteiger partial charge on any atom is -0.391 e. The average Bonchev–Trinajstić information content (AvgIpc) is 1.93. The summed E-state index contributed by atoms with van der Waals surface area (Å²) in [5.74, 6) is 0. The third-order valence-electron chi connectivity index (χ3n) is 2.72. The van der Waals surface area contributed by atoms with Crippen LogP contribution in [-0.4, -0.2) is 22.8 Å². The fraction of sp³-hybridized carbons (Fsp3) is 1.00. The fourth-order valence-electron chi connectivity index (χ4n) is 1.74. The molecule has 0 aliphatic carbocycles. The Labute approximate surface area is 102 Å².